The monoisotopic (exact) mass is 310 g/mol. The highest BCUT2D eigenvalue weighted by Gasteiger charge is 2.19. The Balaban J connectivity index is 1.58. The Labute approximate surface area is 128 Å². The molecule has 0 bridgehead atoms. The molecular formula is C15H16Cl2N2O. The van der Waals surface area contributed by atoms with Crippen LogP contribution in [0, 0.1) is 0 Å². The molecule has 1 aliphatic rings. The molecule has 1 saturated carbocycles. The first-order valence-electron chi connectivity index (χ1n) is 6.86. The van der Waals surface area contributed by atoms with Gasteiger partial charge in [-0.2, -0.15) is 0 Å². The highest BCUT2D eigenvalue weighted by molar-refractivity contribution is 6.42. The molecule has 20 heavy (non-hydrogen) atoms. The van der Waals surface area contributed by atoms with E-state index in [-0.39, 0.29) is 0 Å². The van der Waals surface area contributed by atoms with E-state index in [4.69, 9.17) is 27.6 Å². The molecule has 2 aromatic rings. The molecule has 1 fully saturated rings. The number of hydrogen-bond acceptors (Lipinski definition) is 3. The van der Waals surface area contributed by atoms with Crippen LogP contribution in [-0.2, 0) is 6.42 Å². The first kappa shape index (κ1) is 13.9. The average Bonchev–Trinajstić information content (AvgIpc) is 3.15. The normalized spacial score (nSPS) is 14.7. The van der Waals surface area contributed by atoms with Crippen LogP contribution in [0.1, 0.15) is 25.2 Å². The molecule has 1 aromatic carbocycles. The molecule has 1 aliphatic carbocycles. The lowest BCUT2D eigenvalue weighted by atomic mass is 10.2. The Hall–Kier alpha value is -1.03. The van der Waals surface area contributed by atoms with Crippen molar-refractivity contribution < 1.29 is 4.42 Å². The van der Waals surface area contributed by atoms with Crippen molar-refractivity contribution in [1.82, 2.24) is 10.3 Å². The second-order valence-corrected chi connectivity index (χ2v) is 5.89. The van der Waals surface area contributed by atoms with E-state index in [0.717, 1.165) is 42.6 Å². The van der Waals surface area contributed by atoms with Crippen molar-refractivity contribution in [1.29, 1.82) is 0 Å². The topological polar surface area (TPSA) is 38.1 Å². The molecule has 5 heteroatoms. The number of nitrogens with one attached hydrogen (secondary N) is 1. The van der Waals surface area contributed by atoms with Crippen molar-refractivity contribution in [3.63, 3.8) is 0 Å². The summed E-state index contributed by atoms with van der Waals surface area (Å²) >= 11 is 11.9. The van der Waals surface area contributed by atoms with Gasteiger partial charge in [-0.25, -0.2) is 4.98 Å². The lowest BCUT2D eigenvalue weighted by molar-refractivity contribution is 0.491. The van der Waals surface area contributed by atoms with Gasteiger partial charge in [0.2, 0.25) is 0 Å². The Morgan fingerprint density at radius 2 is 2.10 bits per heavy atom. The summed E-state index contributed by atoms with van der Waals surface area (Å²) in [6.45, 7) is 1.02. The van der Waals surface area contributed by atoms with Crippen molar-refractivity contribution in [3.05, 3.63) is 40.3 Å². The standard InChI is InChI=1S/C15H16Cl2N2O/c16-12-6-3-10(8-13(12)17)14-9-19-15(20-14)2-1-7-18-11-4-5-11/h3,6,8-9,11,18H,1-2,4-5,7H2. The minimum atomic E-state index is 0.524. The maximum Gasteiger partial charge on any atom is 0.194 e. The maximum absolute atomic E-state index is 6.01. The number of oxazole rings is 1. The van der Waals surface area contributed by atoms with Gasteiger partial charge in [-0.05, 0) is 44.0 Å². The van der Waals surface area contributed by atoms with Crippen molar-refractivity contribution >= 4 is 23.2 Å². The Morgan fingerprint density at radius 1 is 1.25 bits per heavy atom. The fourth-order valence-electron chi connectivity index (χ4n) is 2.04. The van der Waals surface area contributed by atoms with Crippen LogP contribution in [0.2, 0.25) is 10.0 Å². The largest absolute Gasteiger partial charge is 0.441 e. The zero-order valence-corrected chi connectivity index (χ0v) is 12.5. The quantitative estimate of drug-likeness (QED) is 0.807. The minimum Gasteiger partial charge on any atom is -0.441 e. The van der Waals surface area contributed by atoms with Gasteiger partial charge in [0, 0.05) is 18.0 Å². The summed E-state index contributed by atoms with van der Waals surface area (Å²) in [6.07, 6.45) is 6.27. The molecule has 1 heterocycles. The van der Waals surface area contributed by atoms with E-state index in [1.807, 2.05) is 6.07 Å². The summed E-state index contributed by atoms with van der Waals surface area (Å²) in [5, 5.41) is 4.54. The SMILES string of the molecule is Clc1ccc(-c2cnc(CCCNC3CC3)o2)cc1Cl. The fourth-order valence-corrected chi connectivity index (χ4v) is 2.34. The summed E-state index contributed by atoms with van der Waals surface area (Å²) in [6, 6.07) is 6.20. The number of rotatable bonds is 6. The van der Waals surface area contributed by atoms with Gasteiger partial charge in [0.05, 0.1) is 16.2 Å². The number of halogens is 2. The predicted octanol–water partition coefficient (Wildman–Crippen LogP) is 4.33. The van der Waals surface area contributed by atoms with Crippen LogP contribution in [0.4, 0.5) is 0 Å². The summed E-state index contributed by atoms with van der Waals surface area (Å²) in [5.41, 5.74) is 0.897. The van der Waals surface area contributed by atoms with Crippen LogP contribution < -0.4 is 5.32 Å². The number of aromatic nitrogens is 1. The molecule has 1 N–H and O–H groups in total. The molecule has 106 valence electrons. The average molecular weight is 311 g/mol. The molecule has 3 nitrogen and oxygen atoms in total. The van der Waals surface area contributed by atoms with Crippen LogP contribution in [0.5, 0.6) is 0 Å². The molecule has 0 spiro atoms. The molecule has 0 amide bonds. The van der Waals surface area contributed by atoms with E-state index >= 15 is 0 Å². The van der Waals surface area contributed by atoms with Gasteiger partial charge in [-0.3, -0.25) is 0 Å². The van der Waals surface area contributed by atoms with Crippen LogP contribution >= 0.6 is 23.2 Å². The van der Waals surface area contributed by atoms with Gasteiger partial charge < -0.3 is 9.73 Å². The van der Waals surface area contributed by atoms with Crippen LogP contribution in [0.25, 0.3) is 11.3 Å². The summed E-state index contributed by atoms with van der Waals surface area (Å²) in [4.78, 5) is 4.31. The molecule has 1 aromatic heterocycles. The second kappa shape index (κ2) is 6.17. The fraction of sp³-hybridized carbons (Fsp3) is 0.400. The Kier molecular flexibility index (Phi) is 4.29. The molecule has 0 aliphatic heterocycles. The number of nitrogens with zero attached hydrogens (tertiary/aromatic N) is 1. The van der Waals surface area contributed by atoms with Gasteiger partial charge in [-0.1, -0.05) is 23.2 Å². The third-order valence-electron chi connectivity index (χ3n) is 3.34. The first-order valence-corrected chi connectivity index (χ1v) is 7.61. The zero-order chi connectivity index (χ0) is 13.9. The summed E-state index contributed by atoms with van der Waals surface area (Å²) in [5.74, 6) is 1.50. The molecular weight excluding hydrogens is 295 g/mol. The van der Waals surface area contributed by atoms with E-state index in [1.54, 1.807) is 18.3 Å². The smallest absolute Gasteiger partial charge is 0.194 e. The molecule has 3 rings (SSSR count). The van der Waals surface area contributed by atoms with Crippen LogP contribution in [-0.4, -0.2) is 17.6 Å². The molecule has 0 saturated heterocycles. The van der Waals surface area contributed by atoms with Crippen LogP contribution in [0.15, 0.2) is 28.8 Å². The third kappa shape index (κ3) is 3.54. The highest BCUT2D eigenvalue weighted by atomic mass is 35.5. The zero-order valence-electron chi connectivity index (χ0n) is 11.0. The second-order valence-electron chi connectivity index (χ2n) is 5.08. The minimum absolute atomic E-state index is 0.524. The van der Waals surface area contributed by atoms with E-state index in [9.17, 15) is 0 Å². The predicted molar refractivity (Wildman–Crippen MR) is 81.3 cm³/mol. The number of benzene rings is 1. The number of hydrogen-bond donors (Lipinski definition) is 1. The van der Waals surface area contributed by atoms with Crippen LogP contribution in [0.3, 0.4) is 0 Å². The van der Waals surface area contributed by atoms with Gasteiger partial charge in [0.25, 0.3) is 0 Å². The van der Waals surface area contributed by atoms with Gasteiger partial charge in [-0.15, -0.1) is 0 Å². The molecule has 0 unspecified atom stereocenters. The Bertz CT molecular complexity index is 593. The third-order valence-corrected chi connectivity index (χ3v) is 4.07. The molecule has 0 atom stereocenters. The Morgan fingerprint density at radius 3 is 2.85 bits per heavy atom. The summed E-state index contributed by atoms with van der Waals surface area (Å²) < 4.78 is 5.75. The highest BCUT2D eigenvalue weighted by Crippen LogP contribution is 2.29. The van der Waals surface area contributed by atoms with E-state index in [0.29, 0.717) is 10.0 Å². The lowest BCUT2D eigenvalue weighted by Crippen LogP contribution is -2.17. The summed E-state index contributed by atoms with van der Waals surface area (Å²) in [7, 11) is 0. The maximum atomic E-state index is 6.01. The van der Waals surface area contributed by atoms with E-state index in [1.165, 1.54) is 12.8 Å². The van der Waals surface area contributed by atoms with Crippen molar-refractivity contribution in [2.24, 2.45) is 0 Å². The van der Waals surface area contributed by atoms with Gasteiger partial charge in [0.1, 0.15) is 0 Å². The lowest BCUT2D eigenvalue weighted by Gasteiger charge is -2.00. The van der Waals surface area contributed by atoms with Crippen molar-refractivity contribution in [3.8, 4) is 11.3 Å². The first-order chi connectivity index (χ1) is 9.72. The van der Waals surface area contributed by atoms with Crippen molar-refractivity contribution in [2.75, 3.05) is 6.54 Å². The van der Waals surface area contributed by atoms with E-state index < -0.39 is 0 Å². The van der Waals surface area contributed by atoms with Crippen molar-refractivity contribution in [2.45, 2.75) is 31.7 Å². The van der Waals surface area contributed by atoms with Gasteiger partial charge >= 0.3 is 0 Å². The van der Waals surface area contributed by atoms with E-state index in [2.05, 4.69) is 10.3 Å². The molecule has 0 radical (unpaired) electrons. The van der Waals surface area contributed by atoms with Gasteiger partial charge in [0.15, 0.2) is 11.7 Å². The number of aryl methyl sites for hydroxylation is 1.